The molecular formula is C14H16F2N4O. The van der Waals surface area contributed by atoms with Crippen LogP contribution in [0.3, 0.4) is 0 Å². The molecule has 0 aliphatic carbocycles. The maximum absolute atomic E-state index is 13.5. The molecule has 0 saturated heterocycles. The van der Waals surface area contributed by atoms with E-state index in [2.05, 4.69) is 15.3 Å². The number of benzene rings is 1. The molecule has 1 aromatic carbocycles. The Morgan fingerprint density at radius 2 is 2.05 bits per heavy atom. The van der Waals surface area contributed by atoms with Crippen LogP contribution < -0.4 is 11.1 Å². The molecule has 0 unspecified atom stereocenters. The predicted octanol–water partition coefficient (Wildman–Crippen LogP) is 2.49. The first-order valence-electron chi connectivity index (χ1n) is 6.47. The molecular weight excluding hydrogens is 278 g/mol. The number of anilines is 2. The van der Waals surface area contributed by atoms with Crippen LogP contribution >= 0.6 is 0 Å². The number of nitrogens with zero attached hydrogens (tertiary/aromatic N) is 2. The van der Waals surface area contributed by atoms with Gasteiger partial charge in [0.25, 0.3) is 0 Å². The number of aromatic nitrogens is 2. The normalized spacial score (nSPS) is 10.6. The summed E-state index contributed by atoms with van der Waals surface area (Å²) < 4.78 is 31.8. The third kappa shape index (κ3) is 4.35. The molecule has 1 aromatic heterocycles. The molecule has 2 rings (SSSR count). The van der Waals surface area contributed by atoms with Crippen LogP contribution in [0.5, 0.6) is 0 Å². The first kappa shape index (κ1) is 15.1. The molecule has 112 valence electrons. The van der Waals surface area contributed by atoms with Crippen LogP contribution in [0.1, 0.15) is 18.3 Å². The van der Waals surface area contributed by atoms with Crippen LogP contribution in [-0.2, 0) is 17.9 Å². The Morgan fingerprint density at radius 3 is 2.81 bits per heavy atom. The molecule has 2 aromatic rings. The van der Waals surface area contributed by atoms with Crippen molar-refractivity contribution in [2.24, 2.45) is 0 Å². The number of nitrogens with two attached hydrogens (primary N) is 1. The van der Waals surface area contributed by atoms with Gasteiger partial charge in [0.1, 0.15) is 29.9 Å². The summed E-state index contributed by atoms with van der Waals surface area (Å²) in [6, 6.07) is 4.81. The highest BCUT2D eigenvalue weighted by Gasteiger charge is 2.06. The molecule has 0 fully saturated rings. The maximum Gasteiger partial charge on any atom is 0.158 e. The van der Waals surface area contributed by atoms with Crippen LogP contribution in [0.2, 0.25) is 0 Å². The second-order valence-electron chi connectivity index (χ2n) is 4.32. The zero-order valence-corrected chi connectivity index (χ0v) is 11.6. The molecule has 1 heterocycles. The first-order chi connectivity index (χ1) is 10.1. The Balaban J connectivity index is 2.08. The zero-order valence-electron chi connectivity index (χ0n) is 11.6. The van der Waals surface area contributed by atoms with Gasteiger partial charge in [0, 0.05) is 24.8 Å². The van der Waals surface area contributed by atoms with Crippen molar-refractivity contribution < 1.29 is 13.5 Å². The maximum atomic E-state index is 13.5. The van der Waals surface area contributed by atoms with Gasteiger partial charge in [-0.15, -0.1) is 0 Å². The topological polar surface area (TPSA) is 73.1 Å². The second-order valence-corrected chi connectivity index (χ2v) is 4.32. The fourth-order valence-corrected chi connectivity index (χ4v) is 1.73. The van der Waals surface area contributed by atoms with Gasteiger partial charge in [-0.1, -0.05) is 0 Å². The molecule has 0 spiro atoms. The predicted molar refractivity (Wildman–Crippen MR) is 75.5 cm³/mol. The van der Waals surface area contributed by atoms with Gasteiger partial charge >= 0.3 is 0 Å². The Morgan fingerprint density at radius 1 is 1.24 bits per heavy atom. The minimum absolute atomic E-state index is 0.0914. The van der Waals surface area contributed by atoms with Gasteiger partial charge in [0.15, 0.2) is 5.82 Å². The van der Waals surface area contributed by atoms with E-state index in [9.17, 15) is 8.78 Å². The molecule has 0 saturated carbocycles. The molecule has 0 atom stereocenters. The second kappa shape index (κ2) is 6.94. The van der Waals surface area contributed by atoms with Crippen molar-refractivity contribution in [2.45, 2.75) is 20.1 Å². The zero-order chi connectivity index (χ0) is 15.2. The highest BCUT2D eigenvalue weighted by molar-refractivity contribution is 5.45. The SMILES string of the molecule is CCOCc1nc(N)cc(NCc2cc(F)ccc2F)n1. The number of rotatable bonds is 6. The summed E-state index contributed by atoms with van der Waals surface area (Å²) in [6.45, 7) is 2.73. The van der Waals surface area contributed by atoms with Crippen molar-refractivity contribution in [1.82, 2.24) is 9.97 Å². The van der Waals surface area contributed by atoms with Crippen LogP contribution in [0.4, 0.5) is 20.4 Å². The van der Waals surface area contributed by atoms with Crippen molar-refractivity contribution in [3.05, 3.63) is 47.3 Å². The van der Waals surface area contributed by atoms with Gasteiger partial charge in [-0.3, -0.25) is 0 Å². The fraction of sp³-hybridized carbons (Fsp3) is 0.286. The lowest BCUT2D eigenvalue weighted by Crippen LogP contribution is -2.08. The quantitative estimate of drug-likeness (QED) is 0.856. The summed E-state index contributed by atoms with van der Waals surface area (Å²) in [5, 5.41) is 2.89. The highest BCUT2D eigenvalue weighted by Crippen LogP contribution is 2.14. The Labute approximate surface area is 121 Å². The molecule has 5 nitrogen and oxygen atoms in total. The lowest BCUT2D eigenvalue weighted by Gasteiger charge is -2.09. The number of halogens is 2. The number of nitrogens with one attached hydrogen (secondary N) is 1. The van der Waals surface area contributed by atoms with E-state index in [1.54, 1.807) is 0 Å². The van der Waals surface area contributed by atoms with E-state index in [1.807, 2.05) is 6.92 Å². The fourth-order valence-electron chi connectivity index (χ4n) is 1.73. The molecule has 0 aliphatic heterocycles. The monoisotopic (exact) mass is 294 g/mol. The number of hydrogen-bond donors (Lipinski definition) is 2. The van der Waals surface area contributed by atoms with E-state index in [-0.39, 0.29) is 24.5 Å². The summed E-state index contributed by atoms with van der Waals surface area (Å²) in [6.07, 6.45) is 0. The van der Waals surface area contributed by atoms with E-state index in [0.717, 1.165) is 18.2 Å². The summed E-state index contributed by atoms with van der Waals surface area (Å²) in [5.74, 6) is 0.162. The summed E-state index contributed by atoms with van der Waals surface area (Å²) >= 11 is 0. The van der Waals surface area contributed by atoms with Crippen molar-refractivity contribution in [3.63, 3.8) is 0 Å². The summed E-state index contributed by atoms with van der Waals surface area (Å²) in [4.78, 5) is 8.22. The number of hydrogen-bond acceptors (Lipinski definition) is 5. The molecule has 21 heavy (non-hydrogen) atoms. The third-order valence-corrected chi connectivity index (χ3v) is 2.70. The van der Waals surface area contributed by atoms with Gasteiger partial charge in [-0.2, -0.15) is 0 Å². The Hall–Kier alpha value is -2.28. The minimum atomic E-state index is -0.493. The van der Waals surface area contributed by atoms with Crippen molar-refractivity contribution in [1.29, 1.82) is 0 Å². The van der Waals surface area contributed by atoms with Crippen LogP contribution in [0.25, 0.3) is 0 Å². The summed E-state index contributed by atoms with van der Waals surface area (Å²) in [7, 11) is 0. The summed E-state index contributed by atoms with van der Waals surface area (Å²) in [5.41, 5.74) is 5.88. The van der Waals surface area contributed by atoms with E-state index in [4.69, 9.17) is 10.5 Å². The van der Waals surface area contributed by atoms with E-state index in [1.165, 1.54) is 6.07 Å². The van der Waals surface area contributed by atoms with Gasteiger partial charge in [0.2, 0.25) is 0 Å². The minimum Gasteiger partial charge on any atom is -0.384 e. The molecule has 0 radical (unpaired) electrons. The molecule has 0 aliphatic rings. The standard InChI is InChI=1S/C14H16F2N4O/c1-2-21-8-14-19-12(17)6-13(20-14)18-7-9-5-10(15)3-4-11(9)16/h3-6H,2,7-8H2,1H3,(H3,17,18,19,20). The Kier molecular flexibility index (Phi) is 4.99. The van der Waals surface area contributed by atoms with E-state index < -0.39 is 11.6 Å². The van der Waals surface area contributed by atoms with E-state index >= 15 is 0 Å². The molecule has 0 amide bonds. The number of ether oxygens (including phenoxy) is 1. The third-order valence-electron chi connectivity index (χ3n) is 2.70. The van der Waals surface area contributed by atoms with Crippen molar-refractivity contribution in [2.75, 3.05) is 17.7 Å². The van der Waals surface area contributed by atoms with Gasteiger partial charge in [-0.05, 0) is 25.1 Å². The first-order valence-corrected chi connectivity index (χ1v) is 6.47. The van der Waals surface area contributed by atoms with Gasteiger partial charge in [-0.25, -0.2) is 18.7 Å². The molecule has 0 bridgehead atoms. The smallest absolute Gasteiger partial charge is 0.158 e. The van der Waals surface area contributed by atoms with Gasteiger partial charge < -0.3 is 15.8 Å². The lowest BCUT2D eigenvalue weighted by molar-refractivity contribution is 0.128. The number of nitrogen functional groups attached to an aromatic ring is 1. The lowest BCUT2D eigenvalue weighted by atomic mass is 10.2. The largest absolute Gasteiger partial charge is 0.384 e. The van der Waals surface area contributed by atoms with Crippen LogP contribution in [-0.4, -0.2) is 16.6 Å². The molecule has 3 N–H and O–H groups in total. The average molecular weight is 294 g/mol. The highest BCUT2D eigenvalue weighted by atomic mass is 19.1. The van der Waals surface area contributed by atoms with Crippen LogP contribution in [0, 0.1) is 11.6 Å². The van der Waals surface area contributed by atoms with Crippen LogP contribution in [0.15, 0.2) is 24.3 Å². The van der Waals surface area contributed by atoms with Gasteiger partial charge in [0.05, 0.1) is 0 Å². The van der Waals surface area contributed by atoms with Crippen molar-refractivity contribution in [3.8, 4) is 0 Å². The Bertz CT molecular complexity index is 622. The van der Waals surface area contributed by atoms with E-state index in [0.29, 0.717) is 18.2 Å². The average Bonchev–Trinajstić information content (AvgIpc) is 2.45. The molecule has 7 heteroatoms. The van der Waals surface area contributed by atoms with Crippen molar-refractivity contribution >= 4 is 11.6 Å².